The van der Waals surface area contributed by atoms with Crippen molar-refractivity contribution in [1.82, 2.24) is 24.6 Å². The molecule has 42 heavy (non-hydrogen) atoms. The standard InChI is InChI=1S/C32H39N7O3/c1-5-39-22-27(29(37-39)24-9-11-25(12-10-24)35-31(40)42-32(2,3)4)28-13-15-33-30(36-28)34-26-8-6-7-23(21-26)14-16-38-17-19-41-20-18-38/h6-13,15,21-22H,5,14,16-20H2,1-4H3,(H,35,40)(H,33,34,36). The highest BCUT2D eigenvalue weighted by Crippen LogP contribution is 2.31. The summed E-state index contributed by atoms with van der Waals surface area (Å²) in [6.45, 7) is 12.9. The van der Waals surface area contributed by atoms with Crippen LogP contribution in [0.1, 0.15) is 33.3 Å². The van der Waals surface area contributed by atoms with Crippen LogP contribution in [0.4, 0.5) is 22.1 Å². The van der Waals surface area contributed by atoms with E-state index in [1.807, 2.05) is 75.0 Å². The van der Waals surface area contributed by atoms with Gasteiger partial charge in [0.15, 0.2) is 0 Å². The van der Waals surface area contributed by atoms with E-state index in [1.165, 1.54) is 5.56 Å². The van der Waals surface area contributed by atoms with Gasteiger partial charge in [0.05, 0.1) is 18.9 Å². The first-order valence-corrected chi connectivity index (χ1v) is 14.4. The number of anilines is 3. The number of ether oxygens (including phenoxy) is 2. The van der Waals surface area contributed by atoms with Crippen molar-refractivity contribution in [2.45, 2.75) is 46.3 Å². The number of nitrogens with zero attached hydrogens (tertiary/aromatic N) is 5. The molecule has 0 spiro atoms. The van der Waals surface area contributed by atoms with Gasteiger partial charge in [-0.2, -0.15) is 5.10 Å². The number of aryl methyl sites for hydroxylation is 1. The summed E-state index contributed by atoms with van der Waals surface area (Å²) < 4.78 is 12.7. The minimum Gasteiger partial charge on any atom is -0.444 e. The summed E-state index contributed by atoms with van der Waals surface area (Å²) in [7, 11) is 0. The molecule has 10 nitrogen and oxygen atoms in total. The van der Waals surface area contributed by atoms with Gasteiger partial charge < -0.3 is 14.8 Å². The smallest absolute Gasteiger partial charge is 0.412 e. The molecule has 0 saturated carbocycles. The maximum absolute atomic E-state index is 12.2. The highest BCUT2D eigenvalue weighted by molar-refractivity contribution is 5.86. The van der Waals surface area contributed by atoms with E-state index in [1.54, 1.807) is 6.20 Å². The van der Waals surface area contributed by atoms with E-state index in [4.69, 9.17) is 19.6 Å². The van der Waals surface area contributed by atoms with E-state index >= 15 is 0 Å². The van der Waals surface area contributed by atoms with Gasteiger partial charge in [0.1, 0.15) is 11.3 Å². The van der Waals surface area contributed by atoms with Crippen molar-refractivity contribution in [3.8, 4) is 22.5 Å². The molecule has 1 saturated heterocycles. The number of hydrogen-bond acceptors (Lipinski definition) is 8. The molecule has 1 amide bonds. The fraction of sp³-hybridized carbons (Fsp3) is 0.375. The van der Waals surface area contributed by atoms with E-state index in [9.17, 15) is 4.79 Å². The molecule has 2 aromatic heterocycles. The number of morpholine rings is 1. The Morgan fingerprint density at radius 2 is 1.83 bits per heavy atom. The van der Waals surface area contributed by atoms with Crippen LogP contribution in [0.3, 0.4) is 0 Å². The van der Waals surface area contributed by atoms with Crippen molar-refractivity contribution in [2.24, 2.45) is 0 Å². The number of benzene rings is 2. The largest absolute Gasteiger partial charge is 0.444 e. The quantitative estimate of drug-likeness (QED) is 0.253. The molecule has 1 fully saturated rings. The molecule has 10 heteroatoms. The number of amides is 1. The average Bonchev–Trinajstić information content (AvgIpc) is 3.41. The third kappa shape index (κ3) is 7.92. The monoisotopic (exact) mass is 569 g/mol. The molecule has 4 aromatic rings. The zero-order chi connectivity index (χ0) is 29.5. The van der Waals surface area contributed by atoms with Crippen LogP contribution in [0.25, 0.3) is 22.5 Å². The molecule has 0 atom stereocenters. The number of hydrogen-bond donors (Lipinski definition) is 2. The third-order valence-electron chi connectivity index (χ3n) is 6.82. The fourth-order valence-electron chi connectivity index (χ4n) is 4.73. The SMILES string of the molecule is CCn1cc(-c2ccnc(Nc3cccc(CCN4CCOCC4)c3)n2)c(-c2ccc(NC(=O)OC(C)(C)C)cc2)n1. The van der Waals surface area contributed by atoms with Crippen molar-refractivity contribution in [3.63, 3.8) is 0 Å². The average molecular weight is 570 g/mol. The molecule has 5 rings (SSSR count). The molecule has 1 aliphatic heterocycles. The minimum atomic E-state index is -0.566. The Labute approximate surface area is 247 Å². The molecule has 3 heterocycles. The number of rotatable bonds is 9. The first-order valence-electron chi connectivity index (χ1n) is 14.4. The zero-order valence-electron chi connectivity index (χ0n) is 24.8. The summed E-state index contributed by atoms with van der Waals surface area (Å²) >= 11 is 0. The summed E-state index contributed by atoms with van der Waals surface area (Å²) in [5, 5.41) is 11.0. The molecule has 2 N–H and O–H groups in total. The molecule has 220 valence electrons. The first-order chi connectivity index (χ1) is 20.3. The third-order valence-corrected chi connectivity index (χ3v) is 6.82. The van der Waals surface area contributed by atoms with Crippen LogP contribution in [-0.4, -0.2) is 69.2 Å². The number of carbonyl (C=O) groups excluding carboxylic acids is 1. The topological polar surface area (TPSA) is 106 Å². The maximum atomic E-state index is 12.2. The second-order valence-corrected chi connectivity index (χ2v) is 11.2. The Hall–Kier alpha value is -4.28. The van der Waals surface area contributed by atoms with Crippen LogP contribution >= 0.6 is 0 Å². The molecule has 0 aliphatic carbocycles. The maximum Gasteiger partial charge on any atom is 0.412 e. The van der Waals surface area contributed by atoms with E-state index < -0.39 is 11.7 Å². The van der Waals surface area contributed by atoms with E-state index in [0.29, 0.717) is 11.6 Å². The highest BCUT2D eigenvalue weighted by atomic mass is 16.6. The van der Waals surface area contributed by atoms with E-state index in [2.05, 4.69) is 38.7 Å². The van der Waals surface area contributed by atoms with Gasteiger partial charge in [0, 0.05) is 61.1 Å². The van der Waals surface area contributed by atoms with Gasteiger partial charge in [-0.1, -0.05) is 24.3 Å². The second-order valence-electron chi connectivity index (χ2n) is 11.2. The number of aromatic nitrogens is 4. The van der Waals surface area contributed by atoms with Gasteiger partial charge in [0.2, 0.25) is 5.95 Å². The Morgan fingerprint density at radius 3 is 2.57 bits per heavy atom. The first kappa shape index (κ1) is 29.2. The molecular weight excluding hydrogens is 530 g/mol. The lowest BCUT2D eigenvalue weighted by atomic mass is 10.1. The van der Waals surface area contributed by atoms with Crippen molar-refractivity contribution in [2.75, 3.05) is 43.5 Å². The van der Waals surface area contributed by atoms with Gasteiger partial charge in [-0.3, -0.25) is 14.9 Å². The van der Waals surface area contributed by atoms with Crippen LogP contribution < -0.4 is 10.6 Å². The summed E-state index contributed by atoms with van der Waals surface area (Å²) in [5.41, 5.74) is 5.66. The van der Waals surface area contributed by atoms with Gasteiger partial charge >= 0.3 is 6.09 Å². The lowest BCUT2D eigenvalue weighted by Gasteiger charge is -2.26. The molecule has 2 aromatic carbocycles. The molecular formula is C32H39N7O3. The van der Waals surface area contributed by atoms with Crippen LogP contribution in [0, 0.1) is 0 Å². The highest BCUT2D eigenvalue weighted by Gasteiger charge is 2.18. The van der Waals surface area contributed by atoms with Gasteiger partial charge in [-0.15, -0.1) is 0 Å². The number of carbonyl (C=O) groups is 1. The van der Waals surface area contributed by atoms with Gasteiger partial charge in [0.25, 0.3) is 0 Å². The van der Waals surface area contributed by atoms with Gasteiger partial charge in [-0.25, -0.2) is 14.8 Å². The number of nitrogens with one attached hydrogen (secondary N) is 2. The predicted octanol–water partition coefficient (Wildman–Crippen LogP) is 5.99. The molecule has 0 bridgehead atoms. The normalized spacial score (nSPS) is 14.0. The van der Waals surface area contributed by atoms with Crippen molar-refractivity contribution < 1.29 is 14.3 Å². The van der Waals surface area contributed by atoms with Crippen LogP contribution in [0.5, 0.6) is 0 Å². The van der Waals surface area contributed by atoms with Crippen molar-refractivity contribution >= 4 is 23.4 Å². The van der Waals surface area contributed by atoms with Crippen molar-refractivity contribution in [1.29, 1.82) is 0 Å². The lowest BCUT2D eigenvalue weighted by Crippen LogP contribution is -2.37. The summed E-state index contributed by atoms with van der Waals surface area (Å²) in [6, 6.07) is 17.8. The second kappa shape index (κ2) is 13.1. The van der Waals surface area contributed by atoms with Crippen LogP contribution in [0.15, 0.2) is 67.0 Å². The molecule has 0 radical (unpaired) electrons. The lowest BCUT2D eigenvalue weighted by molar-refractivity contribution is 0.0384. The van der Waals surface area contributed by atoms with Crippen LogP contribution in [0.2, 0.25) is 0 Å². The minimum absolute atomic E-state index is 0.491. The Bertz CT molecular complexity index is 1490. The summed E-state index contributed by atoms with van der Waals surface area (Å²) in [5.74, 6) is 0.518. The Kier molecular flexibility index (Phi) is 9.14. The fourth-order valence-corrected chi connectivity index (χ4v) is 4.73. The van der Waals surface area contributed by atoms with Crippen molar-refractivity contribution in [3.05, 3.63) is 72.6 Å². The van der Waals surface area contributed by atoms with Gasteiger partial charge in [-0.05, 0) is 70.0 Å². The van der Waals surface area contributed by atoms with Crippen LogP contribution in [-0.2, 0) is 22.4 Å². The molecule has 1 aliphatic rings. The Morgan fingerprint density at radius 1 is 1.05 bits per heavy atom. The Balaban J connectivity index is 1.31. The summed E-state index contributed by atoms with van der Waals surface area (Å²) in [6.07, 6.45) is 4.24. The summed E-state index contributed by atoms with van der Waals surface area (Å²) in [4.78, 5) is 23.9. The zero-order valence-corrected chi connectivity index (χ0v) is 24.8. The molecule has 0 unspecified atom stereocenters. The van der Waals surface area contributed by atoms with E-state index in [0.717, 1.165) is 74.0 Å². The predicted molar refractivity (Wildman–Crippen MR) is 165 cm³/mol. The van der Waals surface area contributed by atoms with E-state index in [-0.39, 0.29) is 0 Å².